The molecule has 1 aliphatic heterocycles. The van der Waals surface area contributed by atoms with E-state index in [0.717, 1.165) is 0 Å². The first-order chi connectivity index (χ1) is 15.3. The Bertz CT molecular complexity index is 985. The minimum Gasteiger partial charge on any atom is -0.411 e. The molecule has 7 nitrogen and oxygen atoms in total. The van der Waals surface area contributed by atoms with E-state index in [1.165, 1.54) is 4.57 Å². The first-order valence-corrected chi connectivity index (χ1v) is 18.1. The summed E-state index contributed by atoms with van der Waals surface area (Å²) in [6.07, 6.45) is 3.21. The summed E-state index contributed by atoms with van der Waals surface area (Å²) in [7, 11) is -4.25. The molecule has 1 saturated heterocycles. The highest BCUT2D eigenvalue weighted by atomic mass is 28.4. The van der Waals surface area contributed by atoms with Gasteiger partial charge in [-0.2, -0.15) is 0 Å². The molecule has 2 rings (SSSR count). The minimum atomic E-state index is -2.14. The number of ether oxygens (including phenoxy) is 1. The third-order valence-corrected chi connectivity index (χ3v) is 16.8. The van der Waals surface area contributed by atoms with Gasteiger partial charge >= 0.3 is 5.69 Å². The Hall–Kier alpha value is -1.27. The van der Waals surface area contributed by atoms with Gasteiger partial charge in [-0.3, -0.25) is 14.3 Å². The molecule has 1 aromatic rings. The maximum atomic E-state index is 12.6. The van der Waals surface area contributed by atoms with Gasteiger partial charge in [0.05, 0.1) is 12.2 Å². The molecule has 1 aliphatic rings. The Morgan fingerprint density at radius 3 is 2.21 bits per heavy atom. The lowest BCUT2D eigenvalue weighted by Gasteiger charge is -2.43. The van der Waals surface area contributed by atoms with Crippen LogP contribution in [-0.4, -0.2) is 44.5 Å². The zero-order chi connectivity index (χ0) is 26.3. The van der Waals surface area contributed by atoms with Crippen molar-refractivity contribution in [2.24, 2.45) is 0 Å². The van der Waals surface area contributed by atoms with Crippen LogP contribution in [0.1, 0.15) is 66.2 Å². The van der Waals surface area contributed by atoms with Crippen molar-refractivity contribution in [3.63, 3.8) is 0 Å². The van der Waals surface area contributed by atoms with E-state index in [0.29, 0.717) is 18.4 Å². The van der Waals surface area contributed by atoms with Gasteiger partial charge in [0.2, 0.25) is 0 Å². The van der Waals surface area contributed by atoms with Crippen LogP contribution in [-0.2, 0) is 13.6 Å². The molecule has 2 heterocycles. The molecule has 0 saturated carbocycles. The molecule has 9 heteroatoms. The second-order valence-electron chi connectivity index (χ2n) is 12.6. The van der Waals surface area contributed by atoms with Gasteiger partial charge in [-0.1, -0.05) is 47.6 Å². The van der Waals surface area contributed by atoms with Crippen molar-refractivity contribution in [1.29, 1.82) is 0 Å². The number of rotatable bonds is 8. The van der Waals surface area contributed by atoms with Crippen molar-refractivity contribution < 1.29 is 13.6 Å². The highest BCUT2D eigenvalue weighted by molar-refractivity contribution is 6.74. The molecule has 4 atom stereocenters. The molecule has 1 N–H and O–H groups in total. The number of aromatic amines is 1. The standard InChI is InChI=1S/C25H46N2O5Si2/c1-13-14-18(31-33(9,10)24(3,4)5)21-19(32-34(11,12)25(6,7)8)15-20(30-21)27-16-17(2)22(28)26-23(27)29/h13,16,18-21H,1,14-15H2,2-12H3,(H,26,28,29)/t18?,19-,20+,21+/m0/s1. The molecule has 0 aromatic carbocycles. The smallest absolute Gasteiger partial charge is 0.330 e. The van der Waals surface area contributed by atoms with Gasteiger partial charge in [0.25, 0.3) is 5.56 Å². The van der Waals surface area contributed by atoms with E-state index in [2.05, 4.69) is 79.3 Å². The molecule has 0 spiro atoms. The molecule has 34 heavy (non-hydrogen) atoms. The zero-order valence-corrected chi connectivity index (χ0v) is 25.1. The summed E-state index contributed by atoms with van der Waals surface area (Å²) in [5.74, 6) is 0. The fraction of sp³-hybridized carbons (Fsp3) is 0.760. The van der Waals surface area contributed by atoms with Crippen molar-refractivity contribution in [3.05, 3.63) is 45.3 Å². The Morgan fingerprint density at radius 1 is 1.15 bits per heavy atom. The number of nitrogens with zero attached hydrogens (tertiary/aromatic N) is 1. The Labute approximate surface area is 207 Å². The van der Waals surface area contributed by atoms with Crippen LogP contribution >= 0.6 is 0 Å². The molecule has 0 amide bonds. The van der Waals surface area contributed by atoms with Crippen LogP contribution in [0.5, 0.6) is 0 Å². The maximum absolute atomic E-state index is 12.6. The molecule has 194 valence electrons. The second-order valence-corrected chi connectivity index (χ2v) is 22.1. The van der Waals surface area contributed by atoms with Crippen molar-refractivity contribution >= 4 is 16.6 Å². The molecule has 0 bridgehead atoms. The number of hydrogen-bond donors (Lipinski definition) is 1. The lowest BCUT2D eigenvalue weighted by molar-refractivity contribution is -0.0753. The third kappa shape index (κ3) is 6.29. The van der Waals surface area contributed by atoms with Crippen molar-refractivity contribution in [2.75, 3.05) is 0 Å². The van der Waals surface area contributed by atoms with E-state index in [9.17, 15) is 9.59 Å². The van der Waals surface area contributed by atoms with Gasteiger partial charge in [-0.15, -0.1) is 6.58 Å². The Kier molecular flexibility index (Phi) is 8.52. The molecule has 1 unspecified atom stereocenters. The molecule has 0 radical (unpaired) electrons. The Morgan fingerprint density at radius 2 is 1.71 bits per heavy atom. The second kappa shape index (κ2) is 10.0. The molecule has 1 aromatic heterocycles. The van der Waals surface area contributed by atoms with Crippen LogP contribution in [0.3, 0.4) is 0 Å². The first-order valence-electron chi connectivity index (χ1n) is 12.2. The topological polar surface area (TPSA) is 82.5 Å². The number of hydrogen-bond acceptors (Lipinski definition) is 5. The summed E-state index contributed by atoms with van der Waals surface area (Å²) in [5.41, 5.74) is -0.387. The SMILES string of the molecule is C=CCC(O[Si](C)(C)C(C)(C)C)[C@H]1O[C@@H](n2cc(C)c(=O)[nH]c2=O)C[C@@H]1O[Si](C)(C)C(C)(C)C. The zero-order valence-electron chi connectivity index (χ0n) is 23.1. The van der Waals surface area contributed by atoms with Gasteiger partial charge in [0.15, 0.2) is 16.6 Å². The van der Waals surface area contributed by atoms with Crippen LogP contribution in [0.25, 0.3) is 0 Å². The van der Waals surface area contributed by atoms with Crippen LogP contribution in [0.4, 0.5) is 0 Å². The van der Waals surface area contributed by atoms with Gasteiger partial charge in [0, 0.05) is 18.2 Å². The monoisotopic (exact) mass is 510 g/mol. The van der Waals surface area contributed by atoms with Crippen molar-refractivity contribution in [2.45, 2.75) is 122 Å². The average Bonchev–Trinajstić information content (AvgIpc) is 3.05. The normalized spacial score (nSPS) is 23.2. The van der Waals surface area contributed by atoms with Crippen LogP contribution in [0.15, 0.2) is 28.4 Å². The fourth-order valence-corrected chi connectivity index (χ4v) is 6.28. The molecule has 0 aliphatic carbocycles. The van der Waals surface area contributed by atoms with E-state index in [1.54, 1.807) is 13.1 Å². The van der Waals surface area contributed by atoms with E-state index in [1.807, 2.05) is 6.08 Å². The highest BCUT2D eigenvalue weighted by Crippen LogP contribution is 2.44. The van der Waals surface area contributed by atoms with Crippen LogP contribution in [0, 0.1) is 6.92 Å². The van der Waals surface area contributed by atoms with E-state index >= 15 is 0 Å². The number of H-pyrrole nitrogens is 1. The average molecular weight is 511 g/mol. The summed E-state index contributed by atoms with van der Waals surface area (Å²) in [5, 5.41) is 0.0580. The van der Waals surface area contributed by atoms with Gasteiger partial charge in [0.1, 0.15) is 12.3 Å². The lowest BCUT2D eigenvalue weighted by Crippen LogP contribution is -2.52. The highest BCUT2D eigenvalue weighted by Gasteiger charge is 2.49. The predicted molar refractivity (Wildman–Crippen MR) is 144 cm³/mol. The molecular formula is C25H46N2O5Si2. The summed E-state index contributed by atoms with van der Waals surface area (Å²) < 4.78 is 21.8. The fourth-order valence-electron chi connectivity index (χ4n) is 3.60. The van der Waals surface area contributed by atoms with E-state index < -0.39 is 28.6 Å². The van der Waals surface area contributed by atoms with Gasteiger partial charge < -0.3 is 13.6 Å². The lowest BCUT2D eigenvalue weighted by atomic mass is 10.1. The number of nitrogens with one attached hydrogen (secondary N) is 1. The molecule has 1 fully saturated rings. The summed E-state index contributed by atoms with van der Waals surface area (Å²) >= 11 is 0. The summed E-state index contributed by atoms with van der Waals surface area (Å²) in [6.45, 7) is 27.9. The minimum absolute atomic E-state index is 0.0231. The van der Waals surface area contributed by atoms with Crippen molar-refractivity contribution in [3.8, 4) is 0 Å². The number of aromatic nitrogens is 2. The van der Waals surface area contributed by atoms with Crippen molar-refractivity contribution in [1.82, 2.24) is 9.55 Å². The summed E-state index contributed by atoms with van der Waals surface area (Å²) in [4.78, 5) is 27.0. The predicted octanol–water partition coefficient (Wildman–Crippen LogP) is 5.49. The maximum Gasteiger partial charge on any atom is 0.330 e. The van der Waals surface area contributed by atoms with E-state index in [-0.39, 0.29) is 33.9 Å². The van der Waals surface area contributed by atoms with E-state index in [4.69, 9.17) is 13.6 Å². The quantitative estimate of drug-likeness (QED) is 0.369. The summed E-state index contributed by atoms with van der Waals surface area (Å²) in [6, 6.07) is 0. The van der Waals surface area contributed by atoms with Crippen LogP contribution in [0.2, 0.25) is 36.3 Å². The molecular weight excluding hydrogens is 464 g/mol. The Balaban J connectivity index is 2.50. The third-order valence-electron chi connectivity index (χ3n) is 7.84. The number of aryl methyl sites for hydroxylation is 1. The first kappa shape index (κ1) is 29.0. The van der Waals surface area contributed by atoms with Gasteiger partial charge in [-0.25, -0.2) is 4.79 Å². The van der Waals surface area contributed by atoms with Crippen LogP contribution < -0.4 is 11.2 Å². The largest absolute Gasteiger partial charge is 0.411 e. The van der Waals surface area contributed by atoms with Gasteiger partial charge in [-0.05, 0) is 49.6 Å².